The number of benzene rings is 1. The van der Waals surface area contributed by atoms with Gasteiger partial charge in [0, 0.05) is 11.1 Å². The van der Waals surface area contributed by atoms with E-state index in [0.717, 1.165) is 49.4 Å². The highest BCUT2D eigenvalue weighted by Crippen LogP contribution is 2.12. The second kappa shape index (κ2) is 7.57. The van der Waals surface area contributed by atoms with Gasteiger partial charge in [-0.1, -0.05) is 28.1 Å². The third kappa shape index (κ3) is 4.31. The highest BCUT2D eigenvalue weighted by molar-refractivity contribution is 9.10. The van der Waals surface area contributed by atoms with E-state index < -0.39 is 0 Å². The number of nitrogens with zero attached hydrogens (tertiary/aromatic N) is 1. The lowest BCUT2D eigenvalue weighted by molar-refractivity contribution is -0.906. The van der Waals surface area contributed by atoms with E-state index in [1.54, 1.807) is 4.90 Å². The number of halogens is 1. The summed E-state index contributed by atoms with van der Waals surface area (Å²) in [6.07, 6.45) is 3.36. The average Bonchev–Trinajstić information content (AvgIpc) is 3.03. The Labute approximate surface area is 140 Å². The van der Waals surface area contributed by atoms with Gasteiger partial charge >= 0.3 is 0 Å². The molecule has 22 heavy (non-hydrogen) atoms. The SMILES string of the molecule is O=C(Cc1ccc(Br)cc1)N1CC[NH+](C[C@@H]2CCCO2)CC1. The van der Waals surface area contributed by atoms with Crippen molar-refractivity contribution in [3.8, 4) is 0 Å². The maximum atomic E-state index is 12.4. The lowest BCUT2D eigenvalue weighted by Gasteiger charge is -2.33. The molecule has 0 saturated carbocycles. The highest BCUT2D eigenvalue weighted by atomic mass is 79.9. The Morgan fingerprint density at radius 2 is 2.00 bits per heavy atom. The van der Waals surface area contributed by atoms with Crippen molar-refractivity contribution >= 4 is 21.8 Å². The summed E-state index contributed by atoms with van der Waals surface area (Å²) in [7, 11) is 0. The van der Waals surface area contributed by atoms with E-state index in [9.17, 15) is 4.79 Å². The molecule has 2 fully saturated rings. The summed E-state index contributed by atoms with van der Waals surface area (Å²) in [5.74, 6) is 0.249. The topological polar surface area (TPSA) is 34.0 Å². The van der Waals surface area contributed by atoms with Gasteiger partial charge in [0.05, 0.1) is 32.6 Å². The minimum absolute atomic E-state index is 0.249. The number of amides is 1. The Morgan fingerprint density at radius 3 is 2.64 bits per heavy atom. The lowest BCUT2D eigenvalue weighted by Crippen LogP contribution is -3.15. The van der Waals surface area contributed by atoms with E-state index in [0.29, 0.717) is 12.5 Å². The molecule has 1 N–H and O–H groups in total. The quantitative estimate of drug-likeness (QED) is 0.857. The molecule has 0 aliphatic carbocycles. The molecule has 1 amide bonds. The van der Waals surface area contributed by atoms with Crippen LogP contribution in [0.3, 0.4) is 0 Å². The maximum absolute atomic E-state index is 12.4. The Hall–Kier alpha value is -0.910. The van der Waals surface area contributed by atoms with Crippen molar-refractivity contribution in [3.63, 3.8) is 0 Å². The molecule has 0 spiro atoms. The van der Waals surface area contributed by atoms with E-state index in [2.05, 4.69) is 15.9 Å². The van der Waals surface area contributed by atoms with Gasteiger partial charge in [-0.2, -0.15) is 0 Å². The molecule has 2 heterocycles. The molecule has 1 atom stereocenters. The summed E-state index contributed by atoms with van der Waals surface area (Å²) < 4.78 is 6.76. The summed E-state index contributed by atoms with van der Waals surface area (Å²) in [4.78, 5) is 16.0. The Morgan fingerprint density at radius 1 is 1.27 bits per heavy atom. The van der Waals surface area contributed by atoms with Crippen molar-refractivity contribution in [3.05, 3.63) is 34.3 Å². The molecular weight excluding hydrogens is 344 g/mol. The number of ether oxygens (including phenoxy) is 1. The van der Waals surface area contributed by atoms with Crippen LogP contribution in [0.1, 0.15) is 18.4 Å². The third-order valence-electron chi connectivity index (χ3n) is 4.63. The molecule has 3 rings (SSSR count). The Kier molecular flexibility index (Phi) is 5.50. The van der Waals surface area contributed by atoms with Gasteiger partial charge in [-0.3, -0.25) is 4.79 Å². The van der Waals surface area contributed by atoms with Gasteiger partial charge in [-0.25, -0.2) is 0 Å². The maximum Gasteiger partial charge on any atom is 0.227 e. The fraction of sp³-hybridized carbons (Fsp3) is 0.588. The summed E-state index contributed by atoms with van der Waals surface area (Å²) in [5.41, 5.74) is 1.09. The van der Waals surface area contributed by atoms with Crippen LogP contribution >= 0.6 is 15.9 Å². The van der Waals surface area contributed by atoms with Crippen molar-refractivity contribution in [2.45, 2.75) is 25.4 Å². The normalized spacial score (nSPS) is 23.0. The van der Waals surface area contributed by atoms with Crippen LogP contribution in [0.2, 0.25) is 0 Å². The van der Waals surface area contributed by atoms with E-state index in [1.807, 2.05) is 29.2 Å². The summed E-state index contributed by atoms with van der Waals surface area (Å²) in [6.45, 7) is 5.87. The predicted octanol–water partition coefficient (Wildman–Crippen LogP) is 0.898. The average molecular weight is 368 g/mol. The van der Waals surface area contributed by atoms with Gasteiger partial charge in [0.2, 0.25) is 5.91 Å². The molecule has 2 saturated heterocycles. The zero-order chi connectivity index (χ0) is 15.4. The fourth-order valence-corrected chi connectivity index (χ4v) is 3.56. The van der Waals surface area contributed by atoms with E-state index >= 15 is 0 Å². The summed E-state index contributed by atoms with van der Waals surface area (Å²) in [5, 5.41) is 0. The number of carbonyl (C=O) groups excluding carboxylic acids is 1. The lowest BCUT2D eigenvalue weighted by atomic mass is 10.1. The largest absolute Gasteiger partial charge is 0.372 e. The molecule has 2 aliphatic heterocycles. The van der Waals surface area contributed by atoms with E-state index in [4.69, 9.17) is 4.74 Å². The molecule has 1 aromatic carbocycles. The molecule has 0 radical (unpaired) electrons. The van der Waals surface area contributed by atoms with Gasteiger partial charge < -0.3 is 14.5 Å². The molecule has 0 bridgehead atoms. The second-order valence-corrected chi connectivity index (χ2v) is 7.19. The first-order valence-corrected chi connectivity index (χ1v) is 8.97. The van der Waals surface area contributed by atoms with Crippen LogP contribution in [0.5, 0.6) is 0 Å². The monoisotopic (exact) mass is 367 g/mol. The van der Waals surface area contributed by atoms with Crippen LogP contribution in [0, 0.1) is 0 Å². The number of quaternary nitrogens is 1. The second-order valence-electron chi connectivity index (χ2n) is 6.27. The van der Waals surface area contributed by atoms with Crippen LogP contribution in [0.15, 0.2) is 28.7 Å². The van der Waals surface area contributed by atoms with Crippen molar-refractivity contribution in [1.29, 1.82) is 0 Å². The van der Waals surface area contributed by atoms with Gasteiger partial charge in [-0.15, -0.1) is 0 Å². The number of hydrogen-bond donors (Lipinski definition) is 1. The number of piperazine rings is 1. The summed E-state index contributed by atoms with van der Waals surface area (Å²) >= 11 is 3.42. The smallest absolute Gasteiger partial charge is 0.227 e. The number of hydrogen-bond acceptors (Lipinski definition) is 2. The van der Waals surface area contributed by atoms with Crippen molar-refractivity contribution < 1.29 is 14.4 Å². The Bertz CT molecular complexity index is 492. The van der Waals surface area contributed by atoms with Crippen LogP contribution in [-0.2, 0) is 16.0 Å². The van der Waals surface area contributed by atoms with Crippen molar-refractivity contribution in [1.82, 2.24) is 4.90 Å². The molecule has 5 heteroatoms. The third-order valence-corrected chi connectivity index (χ3v) is 5.16. The van der Waals surface area contributed by atoms with Gasteiger partial charge in [0.1, 0.15) is 12.6 Å². The zero-order valence-corrected chi connectivity index (χ0v) is 14.5. The first-order valence-electron chi connectivity index (χ1n) is 8.18. The molecule has 0 aromatic heterocycles. The molecule has 120 valence electrons. The van der Waals surface area contributed by atoms with Gasteiger partial charge in [0.15, 0.2) is 0 Å². The van der Waals surface area contributed by atoms with Crippen molar-refractivity contribution in [2.24, 2.45) is 0 Å². The van der Waals surface area contributed by atoms with Gasteiger partial charge in [-0.05, 0) is 30.5 Å². The summed E-state index contributed by atoms with van der Waals surface area (Å²) in [6, 6.07) is 8.01. The van der Waals surface area contributed by atoms with Crippen LogP contribution < -0.4 is 4.90 Å². The first kappa shape index (κ1) is 16.0. The zero-order valence-electron chi connectivity index (χ0n) is 12.9. The first-order chi connectivity index (χ1) is 10.7. The number of carbonyl (C=O) groups is 1. The van der Waals surface area contributed by atoms with Crippen LogP contribution in [0.25, 0.3) is 0 Å². The molecule has 0 unspecified atom stereocenters. The standard InChI is InChI=1S/C17H23BrN2O2/c18-15-5-3-14(4-6-15)12-17(21)20-9-7-19(8-10-20)13-16-2-1-11-22-16/h3-6,16H,1-2,7-13H2/p+1/t16-/m0/s1. The molecule has 1 aromatic rings. The van der Waals surface area contributed by atoms with E-state index in [1.165, 1.54) is 12.8 Å². The molecule has 2 aliphatic rings. The van der Waals surface area contributed by atoms with Crippen LogP contribution in [0.4, 0.5) is 0 Å². The predicted molar refractivity (Wildman–Crippen MR) is 89.0 cm³/mol. The minimum Gasteiger partial charge on any atom is -0.372 e. The van der Waals surface area contributed by atoms with Crippen molar-refractivity contribution in [2.75, 3.05) is 39.3 Å². The fourth-order valence-electron chi connectivity index (χ4n) is 3.29. The molecular formula is C17H24BrN2O2+. The van der Waals surface area contributed by atoms with Crippen LogP contribution in [-0.4, -0.2) is 56.2 Å². The molecule has 4 nitrogen and oxygen atoms in total. The highest BCUT2D eigenvalue weighted by Gasteiger charge is 2.27. The number of rotatable bonds is 4. The van der Waals surface area contributed by atoms with E-state index in [-0.39, 0.29) is 5.91 Å². The van der Waals surface area contributed by atoms with Gasteiger partial charge in [0.25, 0.3) is 0 Å². The number of nitrogens with one attached hydrogen (secondary N) is 1. The Balaban J connectivity index is 1.44. The minimum atomic E-state index is 0.249.